The minimum absolute atomic E-state index is 0.0321. The molecule has 0 atom stereocenters. The second-order valence-electron chi connectivity index (χ2n) is 8.64. The molecule has 5 rings (SSSR count). The zero-order valence-corrected chi connectivity index (χ0v) is 21.2. The Bertz CT molecular complexity index is 1630. The number of hydrogen-bond donors (Lipinski definition) is 0. The Morgan fingerprint density at radius 1 is 0.949 bits per heavy atom. The topological polar surface area (TPSA) is 106 Å². The van der Waals surface area contributed by atoms with Gasteiger partial charge in [-0.2, -0.15) is 5.26 Å². The van der Waals surface area contributed by atoms with Crippen molar-refractivity contribution in [1.82, 2.24) is 19.6 Å². The van der Waals surface area contributed by atoms with E-state index < -0.39 is 5.82 Å². The molecule has 0 aliphatic rings. The van der Waals surface area contributed by atoms with Gasteiger partial charge in [-0.1, -0.05) is 30.3 Å². The van der Waals surface area contributed by atoms with Gasteiger partial charge in [0, 0.05) is 18.7 Å². The maximum absolute atomic E-state index is 15.2. The van der Waals surface area contributed by atoms with Crippen molar-refractivity contribution in [2.45, 2.75) is 13.1 Å². The standard InChI is InChI=1S/C29H23FN6O3/c1-38-22-10-6-19(7-11-22)15-35(16-20-8-12-23(39-2)13-9-20)28-29-33-26(18-37)34-36(29)17-25(32-28)24-5-3-4-21(14-31)27(24)30/h3-13,17-18H,15-16H2,1-2H3. The number of aldehydes is 1. The van der Waals surface area contributed by atoms with Crippen LogP contribution in [0, 0.1) is 17.1 Å². The number of aromatic nitrogens is 4. The highest BCUT2D eigenvalue weighted by Crippen LogP contribution is 2.30. The fourth-order valence-corrected chi connectivity index (χ4v) is 4.21. The van der Waals surface area contributed by atoms with E-state index >= 15 is 4.39 Å². The Morgan fingerprint density at radius 3 is 2.10 bits per heavy atom. The summed E-state index contributed by atoms with van der Waals surface area (Å²) in [7, 11) is 3.21. The van der Waals surface area contributed by atoms with E-state index in [4.69, 9.17) is 14.5 Å². The second-order valence-corrected chi connectivity index (χ2v) is 8.64. The average Bonchev–Trinajstić information content (AvgIpc) is 3.41. The number of rotatable bonds is 9. The summed E-state index contributed by atoms with van der Waals surface area (Å²) in [5.41, 5.74) is 2.53. The summed E-state index contributed by atoms with van der Waals surface area (Å²) in [4.78, 5) is 22.7. The molecular formula is C29H23FN6O3. The first-order valence-corrected chi connectivity index (χ1v) is 12.0. The van der Waals surface area contributed by atoms with Gasteiger partial charge in [0.25, 0.3) is 0 Å². The summed E-state index contributed by atoms with van der Waals surface area (Å²) in [6, 6.07) is 21.6. The molecule has 0 fully saturated rings. The summed E-state index contributed by atoms with van der Waals surface area (Å²) in [5.74, 6) is 1.12. The van der Waals surface area contributed by atoms with E-state index in [0.717, 1.165) is 22.6 Å². The summed E-state index contributed by atoms with van der Waals surface area (Å²) >= 11 is 0. The van der Waals surface area contributed by atoms with Gasteiger partial charge in [0.05, 0.1) is 31.7 Å². The number of halogens is 1. The molecule has 9 nitrogen and oxygen atoms in total. The van der Waals surface area contributed by atoms with E-state index in [1.807, 2.05) is 59.5 Å². The van der Waals surface area contributed by atoms with Crippen molar-refractivity contribution in [2.75, 3.05) is 19.1 Å². The van der Waals surface area contributed by atoms with E-state index in [1.54, 1.807) is 26.4 Å². The van der Waals surface area contributed by atoms with Gasteiger partial charge in [-0.25, -0.2) is 18.9 Å². The van der Waals surface area contributed by atoms with Gasteiger partial charge >= 0.3 is 0 Å². The van der Waals surface area contributed by atoms with Crippen LogP contribution in [-0.2, 0) is 13.1 Å². The highest BCUT2D eigenvalue weighted by Gasteiger charge is 2.21. The molecule has 0 N–H and O–H groups in total. The van der Waals surface area contributed by atoms with E-state index in [9.17, 15) is 10.1 Å². The first-order valence-electron chi connectivity index (χ1n) is 12.0. The highest BCUT2D eigenvalue weighted by atomic mass is 19.1. The lowest BCUT2D eigenvalue weighted by Gasteiger charge is -2.25. The molecule has 5 aromatic rings. The monoisotopic (exact) mass is 522 g/mol. The third-order valence-electron chi connectivity index (χ3n) is 6.18. The first kappa shape index (κ1) is 25.4. The van der Waals surface area contributed by atoms with Gasteiger partial charge in [-0.05, 0) is 47.5 Å². The third kappa shape index (κ3) is 5.24. The fourth-order valence-electron chi connectivity index (χ4n) is 4.21. The third-order valence-corrected chi connectivity index (χ3v) is 6.18. The molecule has 0 saturated heterocycles. The Labute approximate surface area is 223 Å². The van der Waals surface area contributed by atoms with Crippen molar-refractivity contribution in [1.29, 1.82) is 5.26 Å². The molecule has 2 heterocycles. The van der Waals surface area contributed by atoms with E-state index in [-0.39, 0.29) is 22.6 Å². The number of benzene rings is 3. The van der Waals surface area contributed by atoms with Crippen LogP contribution in [0.2, 0.25) is 0 Å². The lowest BCUT2D eigenvalue weighted by molar-refractivity contribution is 0.111. The lowest BCUT2D eigenvalue weighted by Crippen LogP contribution is -2.24. The van der Waals surface area contributed by atoms with Gasteiger partial charge < -0.3 is 14.4 Å². The second kappa shape index (κ2) is 11.0. The first-order chi connectivity index (χ1) is 19.0. The van der Waals surface area contributed by atoms with E-state index in [1.165, 1.54) is 16.8 Å². The molecule has 2 aromatic heterocycles. The van der Waals surface area contributed by atoms with Gasteiger partial charge in [-0.3, -0.25) is 4.79 Å². The van der Waals surface area contributed by atoms with Crippen molar-refractivity contribution >= 4 is 17.8 Å². The molecule has 10 heteroatoms. The normalized spacial score (nSPS) is 10.7. The number of hydrogen-bond acceptors (Lipinski definition) is 8. The van der Waals surface area contributed by atoms with Crippen molar-refractivity contribution in [3.63, 3.8) is 0 Å². The molecule has 39 heavy (non-hydrogen) atoms. The van der Waals surface area contributed by atoms with Crippen molar-refractivity contribution < 1.29 is 18.7 Å². The predicted octanol–water partition coefficient (Wildman–Crippen LogP) is 4.84. The number of carbonyl (C=O) groups is 1. The van der Waals surface area contributed by atoms with Crippen LogP contribution < -0.4 is 14.4 Å². The molecule has 0 aliphatic heterocycles. The minimum atomic E-state index is -0.689. The van der Waals surface area contributed by atoms with Gasteiger partial charge in [0.2, 0.25) is 5.82 Å². The zero-order chi connectivity index (χ0) is 27.4. The van der Waals surface area contributed by atoms with Crippen LogP contribution in [0.4, 0.5) is 10.2 Å². The number of methoxy groups -OCH3 is 2. The molecule has 0 aliphatic carbocycles. The predicted molar refractivity (Wildman–Crippen MR) is 142 cm³/mol. The van der Waals surface area contributed by atoms with Crippen LogP contribution in [0.1, 0.15) is 27.3 Å². The molecule has 0 radical (unpaired) electrons. The van der Waals surface area contributed by atoms with Gasteiger partial charge in [0.1, 0.15) is 23.4 Å². The van der Waals surface area contributed by atoms with Crippen LogP contribution in [0.3, 0.4) is 0 Å². The van der Waals surface area contributed by atoms with Crippen molar-refractivity contribution in [3.05, 3.63) is 101 Å². The van der Waals surface area contributed by atoms with E-state index in [2.05, 4.69) is 10.1 Å². The maximum atomic E-state index is 15.2. The lowest BCUT2D eigenvalue weighted by atomic mass is 10.1. The molecule has 3 aromatic carbocycles. The Hall–Kier alpha value is -5.30. The Morgan fingerprint density at radius 2 is 1.56 bits per heavy atom. The summed E-state index contributed by atoms with van der Waals surface area (Å²) < 4.78 is 27.2. The molecule has 0 saturated carbocycles. The smallest absolute Gasteiger partial charge is 0.215 e. The van der Waals surface area contributed by atoms with Gasteiger partial charge in [-0.15, -0.1) is 5.10 Å². The van der Waals surface area contributed by atoms with Crippen LogP contribution in [0.15, 0.2) is 72.9 Å². The minimum Gasteiger partial charge on any atom is -0.497 e. The average molecular weight is 523 g/mol. The zero-order valence-electron chi connectivity index (χ0n) is 21.2. The number of ether oxygens (including phenoxy) is 2. The number of nitriles is 1. The largest absolute Gasteiger partial charge is 0.497 e. The molecule has 194 valence electrons. The molecule has 0 bridgehead atoms. The van der Waals surface area contributed by atoms with Gasteiger partial charge in [0.15, 0.2) is 17.8 Å². The quantitative estimate of drug-likeness (QED) is 0.253. The van der Waals surface area contributed by atoms with Crippen LogP contribution in [-0.4, -0.2) is 40.1 Å². The number of fused-ring (bicyclic) bond motifs is 1. The molecular weight excluding hydrogens is 499 g/mol. The SMILES string of the molecule is COc1ccc(CN(Cc2ccc(OC)cc2)c2nc(-c3cccc(C#N)c3F)cn3nc(C=O)nc23)cc1. The van der Waals surface area contributed by atoms with E-state index in [0.29, 0.717) is 30.8 Å². The van der Waals surface area contributed by atoms with Crippen molar-refractivity contribution in [2.24, 2.45) is 0 Å². The Balaban J connectivity index is 1.67. The van der Waals surface area contributed by atoms with Crippen LogP contribution >= 0.6 is 0 Å². The van der Waals surface area contributed by atoms with Crippen molar-refractivity contribution in [3.8, 4) is 28.8 Å². The number of carbonyl (C=O) groups excluding carboxylic acids is 1. The summed E-state index contributed by atoms with van der Waals surface area (Å²) in [5, 5.41) is 13.6. The fraction of sp³-hybridized carbons (Fsp3) is 0.138. The summed E-state index contributed by atoms with van der Waals surface area (Å²) in [6.07, 6.45) is 2.04. The highest BCUT2D eigenvalue weighted by molar-refractivity contribution is 5.75. The number of anilines is 1. The Kier molecular flexibility index (Phi) is 7.14. The molecule has 0 spiro atoms. The number of nitrogens with zero attached hydrogens (tertiary/aromatic N) is 6. The van der Waals surface area contributed by atoms with Crippen LogP contribution in [0.25, 0.3) is 16.9 Å². The maximum Gasteiger partial charge on any atom is 0.215 e. The van der Waals surface area contributed by atoms with Crippen LogP contribution in [0.5, 0.6) is 11.5 Å². The molecule has 0 amide bonds. The molecule has 0 unspecified atom stereocenters. The summed E-state index contributed by atoms with van der Waals surface area (Å²) in [6.45, 7) is 0.818.